The highest BCUT2D eigenvalue weighted by Crippen LogP contribution is 2.21. The third-order valence-electron chi connectivity index (χ3n) is 4.03. The number of nitrogens with zero attached hydrogens (tertiary/aromatic N) is 3. The topological polar surface area (TPSA) is 31.4 Å². The van der Waals surface area contributed by atoms with Crippen molar-refractivity contribution in [1.29, 1.82) is 0 Å². The predicted octanol–water partition coefficient (Wildman–Crippen LogP) is 3.62. The van der Waals surface area contributed by atoms with E-state index in [1.807, 2.05) is 36.5 Å². The molecule has 1 aromatic heterocycles. The molecule has 1 aromatic carbocycles. The van der Waals surface area contributed by atoms with E-state index in [0.29, 0.717) is 0 Å². The summed E-state index contributed by atoms with van der Waals surface area (Å²) in [7, 11) is 0. The summed E-state index contributed by atoms with van der Waals surface area (Å²) in [5, 5.41) is 3.99. The van der Waals surface area contributed by atoms with Gasteiger partial charge in [0.15, 0.2) is 0 Å². The lowest BCUT2D eigenvalue weighted by molar-refractivity contribution is 0.271. The number of anilines is 3. The monoisotopic (exact) mass is 316 g/mol. The number of rotatable bonds is 4. The number of benzene rings is 1. The average Bonchev–Trinajstić information content (AvgIpc) is 2.56. The van der Waals surface area contributed by atoms with E-state index in [1.165, 1.54) is 5.69 Å². The molecule has 0 bridgehead atoms. The molecule has 4 nitrogen and oxygen atoms in total. The first-order chi connectivity index (χ1) is 10.7. The maximum atomic E-state index is 5.99. The van der Waals surface area contributed by atoms with Crippen molar-refractivity contribution in [3.05, 3.63) is 47.6 Å². The van der Waals surface area contributed by atoms with Crippen LogP contribution in [0.15, 0.2) is 42.6 Å². The summed E-state index contributed by atoms with van der Waals surface area (Å²) in [5.74, 6) is 0.832. The predicted molar refractivity (Wildman–Crippen MR) is 93.3 cm³/mol. The molecule has 0 radical (unpaired) electrons. The number of piperazine rings is 1. The highest BCUT2D eigenvalue weighted by Gasteiger charge is 2.15. The van der Waals surface area contributed by atoms with E-state index in [4.69, 9.17) is 11.6 Å². The van der Waals surface area contributed by atoms with Crippen LogP contribution in [0.2, 0.25) is 5.02 Å². The van der Waals surface area contributed by atoms with Gasteiger partial charge in [-0.05, 0) is 36.9 Å². The molecule has 0 unspecified atom stereocenters. The fourth-order valence-corrected chi connectivity index (χ4v) is 2.87. The molecule has 1 saturated heterocycles. The number of hydrogen-bond donors (Lipinski definition) is 1. The first kappa shape index (κ1) is 15.1. The summed E-state index contributed by atoms with van der Waals surface area (Å²) in [6.07, 6.45) is 1.94. The second-order valence-corrected chi connectivity index (χ2v) is 5.89. The SMILES string of the molecule is CCN1CCN(c2ccc(Nc3cccc(Cl)c3)nc2)CC1. The van der Waals surface area contributed by atoms with E-state index in [0.717, 1.165) is 49.3 Å². The van der Waals surface area contributed by atoms with Crippen LogP contribution in [0.1, 0.15) is 6.92 Å². The number of aromatic nitrogens is 1. The van der Waals surface area contributed by atoms with Gasteiger partial charge >= 0.3 is 0 Å². The Kier molecular flexibility index (Phi) is 4.80. The fraction of sp³-hybridized carbons (Fsp3) is 0.353. The Morgan fingerprint density at radius 3 is 2.59 bits per heavy atom. The van der Waals surface area contributed by atoms with Crippen molar-refractivity contribution in [2.75, 3.05) is 42.9 Å². The Morgan fingerprint density at radius 1 is 1.14 bits per heavy atom. The zero-order chi connectivity index (χ0) is 15.4. The molecule has 116 valence electrons. The van der Waals surface area contributed by atoms with Gasteiger partial charge in [-0.25, -0.2) is 4.98 Å². The van der Waals surface area contributed by atoms with Crippen molar-refractivity contribution in [2.45, 2.75) is 6.92 Å². The van der Waals surface area contributed by atoms with Gasteiger partial charge < -0.3 is 15.1 Å². The molecule has 0 aliphatic carbocycles. The van der Waals surface area contributed by atoms with E-state index < -0.39 is 0 Å². The number of halogens is 1. The smallest absolute Gasteiger partial charge is 0.130 e. The van der Waals surface area contributed by atoms with Gasteiger partial charge in [0.1, 0.15) is 5.82 Å². The summed E-state index contributed by atoms with van der Waals surface area (Å²) in [6.45, 7) is 7.73. The van der Waals surface area contributed by atoms with Gasteiger partial charge in [0.05, 0.1) is 11.9 Å². The maximum Gasteiger partial charge on any atom is 0.130 e. The fourth-order valence-electron chi connectivity index (χ4n) is 2.68. The van der Waals surface area contributed by atoms with Crippen molar-refractivity contribution in [3.8, 4) is 0 Å². The molecule has 1 N–H and O–H groups in total. The highest BCUT2D eigenvalue weighted by molar-refractivity contribution is 6.30. The summed E-state index contributed by atoms with van der Waals surface area (Å²) in [4.78, 5) is 9.37. The summed E-state index contributed by atoms with van der Waals surface area (Å²) >= 11 is 5.99. The Morgan fingerprint density at radius 2 is 1.95 bits per heavy atom. The van der Waals surface area contributed by atoms with Crippen LogP contribution in [-0.2, 0) is 0 Å². The van der Waals surface area contributed by atoms with Gasteiger partial charge in [-0.15, -0.1) is 0 Å². The Labute approximate surface area is 136 Å². The lowest BCUT2D eigenvalue weighted by atomic mass is 10.2. The first-order valence-corrected chi connectivity index (χ1v) is 8.08. The van der Waals surface area contributed by atoms with Crippen molar-refractivity contribution in [1.82, 2.24) is 9.88 Å². The van der Waals surface area contributed by atoms with Crippen LogP contribution in [0, 0.1) is 0 Å². The molecule has 0 spiro atoms. The molecule has 22 heavy (non-hydrogen) atoms. The van der Waals surface area contributed by atoms with Gasteiger partial charge in [0.25, 0.3) is 0 Å². The molecule has 2 heterocycles. The summed E-state index contributed by atoms with van der Waals surface area (Å²) < 4.78 is 0. The molecule has 2 aromatic rings. The van der Waals surface area contributed by atoms with Gasteiger partial charge in [0, 0.05) is 36.9 Å². The zero-order valence-electron chi connectivity index (χ0n) is 12.8. The van der Waals surface area contributed by atoms with Crippen molar-refractivity contribution >= 4 is 28.8 Å². The molecule has 1 aliphatic rings. The van der Waals surface area contributed by atoms with Crippen LogP contribution in [-0.4, -0.2) is 42.6 Å². The molecular weight excluding hydrogens is 296 g/mol. The minimum absolute atomic E-state index is 0.718. The Balaban J connectivity index is 1.63. The molecule has 3 rings (SSSR count). The summed E-state index contributed by atoms with van der Waals surface area (Å²) in [6, 6.07) is 11.8. The molecule has 0 amide bonds. The minimum atomic E-state index is 0.718. The number of likely N-dealkylation sites (N-methyl/N-ethyl adjacent to an activating group) is 1. The average molecular weight is 317 g/mol. The van der Waals surface area contributed by atoms with Crippen LogP contribution in [0.3, 0.4) is 0 Å². The van der Waals surface area contributed by atoms with E-state index >= 15 is 0 Å². The van der Waals surface area contributed by atoms with Crippen LogP contribution in [0.25, 0.3) is 0 Å². The van der Waals surface area contributed by atoms with Crippen molar-refractivity contribution in [3.63, 3.8) is 0 Å². The molecule has 0 saturated carbocycles. The lowest BCUT2D eigenvalue weighted by Gasteiger charge is -2.35. The number of nitrogens with one attached hydrogen (secondary N) is 1. The molecular formula is C17H21ClN4. The van der Waals surface area contributed by atoms with Gasteiger partial charge in [-0.3, -0.25) is 0 Å². The molecule has 1 fully saturated rings. The largest absolute Gasteiger partial charge is 0.368 e. The standard InChI is InChI=1S/C17H21ClN4/c1-2-21-8-10-22(11-9-21)16-6-7-17(19-13-16)20-15-5-3-4-14(18)12-15/h3-7,12-13H,2,8-11H2,1H3,(H,19,20). The summed E-state index contributed by atoms with van der Waals surface area (Å²) in [5.41, 5.74) is 2.14. The third kappa shape index (κ3) is 3.70. The van der Waals surface area contributed by atoms with Crippen LogP contribution >= 0.6 is 11.6 Å². The Hall–Kier alpha value is -1.78. The van der Waals surface area contributed by atoms with Gasteiger partial charge in [-0.1, -0.05) is 24.6 Å². The van der Waals surface area contributed by atoms with Crippen molar-refractivity contribution in [2.24, 2.45) is 0 Å². The van der Waals surface area contributed by atoms with Crippen LogP contribution < -0.4 is 10.2 Å². The minimum Gasteiger partial charge on any atom is -0.368 e. The second-order valence-electron chi connectivity index (χ2n) is 5.46. The van der Waals surface area contributed by atoms with E-state index in [-0.39, 0.29) is 0 Å². The molecule has 5 heteroatoms. The van der Waals surface area contributed by atoms with Crippen LogP contribution in [0.5, 0.6) is 0 Å². The lowest BCUT2D eigenvalue weighted by Crippen LogP contribution is -2.46. The van der Waals surface area contributed by atoms with E-state index in [2.05, 4.69) is 33.1 Å². The van der Waals surface area contributed by atoms with Gasteiger partial charge in [-0.2, -0.15) is 0 Å². The first-order valence-electron chi connectivity index (χ1n) is 7.70. The number of pyridine rings is 1. The van der Waals surface area contributed by atoms with E-state index in [1.54, 1.807) is 0 Å². The normalized spacial score (nSPS) is 15.8. The number of hydrogen-bond acceptors (Lipinski definition) is 4. The highest BCUT2D eigenvalue weighted by atomic mass is 35.5. The molecule has 0 atom stereocenters. The third-order valence-corrected chi connectivity index (χ3v) is 4.26. The molecule has 1 aliphatic heterocycles. The zero-order valence-corrected chi connectivity index (χ0v) is 13.6. The van der Waals surface area contributed by atoms with E-state index in [9.17, 15) is 0 Å². The van der Waals surface area contributed by atoms with Crippen LogP contribution in [0.4, 0.5) is 17.2 Å². The van der Waals surface area contributed by atoms with Crippen molar-refractivity contribution < 1.29 is 0 Å². The van der Waals surface area contributed by atoms with Gasteiger partial charge in [0.2, 0.25) is 0 Å². The Bertz CT molecular complexity index is 606. The second kappa shape index (κ2) is 6.99. The quantitative estimate of drug-likeness (QED) is 0.933. The maximum absolute atomic E-state index is 5.99.